The number of amides is 1. The highest BCUT2D eigenvalue weighted by atomic mass is 16.6. The molecule has 0 aliphatic heterocycles. The van der Waals surface area contributed by atoms with Crippen LogP contribution >= 0.6 is 0 Å². The average Bonchev–Trinajstić information content (AvgIpc) is 2.65. The molecule has 0 aliphatic carbocycles. The number of esters is 1. The Morgan fingerprint density at radius 2 is 1.78 bits per heavy atom. The highest BCUT2D eigenvalue weighted by Crippen LogP contribution is 2.13. The van der Waals surface area contributed by atoms with Crippen molar-refractivity contribution in [2.24, 2.45) is 0 Å². The van der Waals surface area contributed by atoms with E-state index in [9.17, 15) is 14.4 Å². The second-order valence-electron chi connectivity index (χ2n) is 6.21. The number of carbonyl (C=O) groups excluding carboxylic acids is 3. The van der Waals surface area contributed by atoms with Crippen LogP contribution < -0.4 is 10.1 Å². The summed E-state index contributed by atoms with van der Waals surface area (Å²) in [5.74, 6) is -0.762. The number of ketones is 1. The van der Waals surface area contributed by atoms with Gasteiger partial charge in [-0.25, -0.2) is 4.79 Å². The van der Waals surface area contributed by atoms with Crippen molar-refractivity contribution in [2.75, 3.05) is 6.61 Å². The highest BCUT2D eigenvalue weighted by molar-refractivity contribution is 5.94. The third-order valence-corrected chi connectivity index (χ3v) is 3.86. The fraction of sp³-hybridized carbons (Fsp3) is 0.286. The van der Waals surface area contributed by atoms with Gasteiger partial charge >= 0.3 is 5.97 Å². The Kier molecular flexibility index (Phi) is 7.11. The van der Waals surface area contributed by atoms with Crippen LogP contribution in [0.15, 0.2) is 48.5 Å². The fourth-order valence-electron chi connectivity index (χ4n) is 2.27. The van der Waals surface area contributed by atoms with Gasteiger partial charge in [-0.3, -0.25) is 9.59 Å². The van der Waals surface area contributed by atoms with E-state index in [1.807, 2.05) is 31.2 Å². The molecule has 0 radical (unpaired) electrons. The van der Waals surface area contributed by atoms with Crippen LogP contribution in [0.1, 0.15) is 35.3 Å². The van der Waals surface area contributed by atoms with Crippen molar-refractivity contribution in [3.8, 4) is 5.75 Å². The first-order chi connectivity index (χ1) is 12.8. The summed E-state index contributed by atoms with van der Waals surface area (Å²) in [4.78, 5) is 35.3. The second kappa shape index (κ2) is 9.52. The van der Waals surface area contributed by atoms with E-state index in [-0.39, 0.29) is 18.3 Å². The summed E-state index contributed by atoms with van der Waals surface area (Å²) in [6.45, 7) is 4.94. The van der Waals surface area contributed by atoms with Crippen LogP contribution in [0.2, 0.25) is 0 Å². The number of benzene rings is 2. The lowest BCUT2D eigenvalue weighted by Crippen LogP contribution is -2.36. The normalized spacial score (nSPS) is 11.4. The number of Topliss-reactive ketones (excluding diaryl/α,β-unsaturated/α-hetero) is 1. The standard InChI is InChI=1S/C21H23NO5/c1-14-7-9-17(10-8-14)12-22-21(25)16(3)27-20(24)13-26-19-6-4-5-18(11-19)15(2)23/h4-11,16H,12-13H2,1-3H3,(H,22,25)/t16-/m0/s1. The predicted octanol–water partition coefficient (Wildman–Crippen LogP) is 2.82. The Labute approximate surface area is 158 Å². The van der Waals surface area contributed by atoms with Gasteiger partial charge in [0.1, 0.15) is 5.75 Å². The van der Waals surface area contributed by atoms with Gasteiger partial charge in [0.25, 0.3) is 5.91 Å². The maximum atomic E-state index is 12.0. The van der Waals surface area contributed by atoms with Crippen molar-refractivity contribution in [3.05, 3.63) is 65.2 Å². The van der Waals surface area contributed by atoms with Crippen molar-refractivity contribution in [1.29, 1.82) is 0 Å². The molecule has 2 rings (SSSR count). The Morgan fingerprint density at radius 3 is 2.44 bits per heavy atom. The molecule has 2 aromatic carbocycles. The van der Waals surface area contributed by atoms with Crippen molar-refractivity contribution < 1.29 is 23.9 Å². The van der Waals surface area contributed by atoms with Crippen LogP contribution in [-0.4, -0.2) is 30.4 Å². The summed E-state index contributed by atoms with van der Waals surface area (Å²) < 4.78 is 10.4. The molecule has 2 aromatic rings. The Morgan fingerprint density at radius 1 is 1.07 bits per heavy atom. The van der Waals surface area contributed by atoms with Gasteiger partial charge in [-0.2, -0.15) is 0 Å². The van der Waals surface area contributed by atoms with Gasteiger partial charge in [0.15, 0.2) is 18.5 Å². The third-order valence-electron chi connectivity index (χ3n) is 3.86. The minimum Gasteiger partial charge on any atom is -0.482 e. The average molecular weight is 369 g/mol. The van der Waals surface area contributed by atoms with Gasteiger partial charge in [0, 0.05) is 12.1 Å². The summed E-state index contributed by atoms with van der Waals surface area (Å²) in [5.41, 5.74) is 2.59. The maximum Gasteiger partial charge on any atom is 0.344 e. The quantitative estimate of drug-likeness (QED) is 0.572. The first-order valence-electron chi connectivity index (χ1n) is 8.61. The van der Waals surface area contributed by atoms with Crippen LogP contribution in [0.3, 0.4) is 0 Å². The SMILES string of the molecule is CC(=O)c1cccc(OCC(=O)O[C@@H](C)C(=O)NCc2ccc(C)cc2)c1. The molecule has 6 nitrogen and oxygen atoms in total. The molecule has 1 amide bonds. The van der Waals surface area contributed by atoms with E-state index in [2.05, 4.69) is 5.32 Å². The smallest absolute Gasteiger partial charge is 0.344 e. The maximum absolute atomic E-state index is 12.0. The van der Waals surface area contributed by atoms with E-state index >= 15 is 0 Å². The lowest BCUT2D eigenvalue weighted by atomic mass is 10.1. The lowest BCUT2D eigenvalue weighted by molar-refractivity contribution is -0.156. The molecular formula is C21H23NO5. The zero-order valence-electron chi connectivity index (χ0n) is 15.7. The summed E-state index contributed by atoms with van der Waals surface area (Å²) in [5, 5.41) is 2.72. The minimum atomic E-state index is -0.935. The van der Waals surface area contributed by atoms with E-state index in [1.165, 1.54) is 13.8 Å². The summed E-state index contributed by atoms with van der Waals surface area (Å²) >= 11 is 0. The Balaban J connectivity index is 1.77. The van der Waals surface area contributed by atoms with Crippen LogP contribution in [0.5, 0.6) is 5.75 Å². The van der Waals surface area contributed by atoms with Crippen LogP contribution in [-0.2, 0) is 20.9 Å². The zero-order chi connectivity index (χ0) is 19.8. The van der Waals surface area contributed by atoms with E-state index in [0.717, 1.165) is 11.1 Å². The molecule has 0 bridgehead atoms. The van der Waals surface area contributed by atoms with Gasteiger partial charge in [-0.15, -0.1) is 0 Å². The number of hydrogen-bond donors (Lipinski definition) is 1. The monoisotopic (exact) mass is 369 g/mol. The molecule has 142 valence electrons. The minimum absolute atomic E-state index is 0.0955. The molecule has 0 saturated carbocycles. The molecule has 0 spiro atoms. The van der Waals surface area contributed by atoms with Gasteiger partial charge in [0.2, 0.25) is 0 Å². The van der Waals surface area contributed by atoms with Crippen molar-refractivity contribution in [3.63, 3.8) is 0 Å². The molecule has 0 fully saturated rings. The first kappa shape index (κ1) is 20.2. The molecule has 1 atom stereocenters. The third kappa shape index (κ3) is 6.58. The summed E-state index contributed by atoms with van der Waals surface area (Å²) in [6.07, 6.45) is -0.935. The van der Waals surface area contributed by atoms with E-state index in [4.69, 9.17) is 9.47 Å². The molecule has 0 unspecified atom stereocenters. The molecule has 0 saturated heterocycles. The summed E-state index contributed by atoms with van der Waals surface area (Å²) in [7, 11) is 0. The van der Waals surface area contributed by atoms with Crippen molar-refractivity contribution in [1.82, 2.24) is 5.32 Å². The Hall–Kier alpha value is -3.15. The van der Waals surface area contributed by atoms with Gasteiger partial charge in [-0.1, -0.05) is 42.0 Å². The predicted molar refractivity (Wildman–Crippen MR) is 101 cm³/mol. The van der Waals surface area contributed by atoms with Crippen molar-refractivity contribution >= 4 is 17.7 Å². The van der Waals surface area contributed by atoms with Crippen LogP contribution in [0.4, 0.5) is 0 Å². The van der Waals surface area contributed by atoms with E-state index in [0.29, 0.717) is 17.9 Å². The first-order valence-corrected chi connectivity index (χ1v) is 8.61. The van der Waals surface area contributed by atoms with Gasteiger partial charge < -0.3 is 14.8 Å². The molecule has 0 aliphatic rings. The van der Waals surface area contributed by atoms with Gasteiger partial charge in [-0.05, 0) is 38.5 Å². The molecule has 0 heterocycles. The lowest BCUT2D eigenvalue weighted by Gasteiger charge is -2.14. The number of rotatable bonds is 8. The molecular weight excluding hydrogens is 346 g/mol. The molecule has 0 aromatic heterocycles. The summed E-state index contributed by atoms with van der Waals surface area (Å²) in [6, 6.07) is 14.3. The fourth-order valence-corrected chi connectivity index (χ4v) is 2.27. The van der Waals surface area contributed by atoms with E-state index in [1.54, 1.807) is 24.3 Å². The topological polar surface area (TPSA) is 81.7 Å². The molecule has 1 N–H and O–H groups in total. The number of nitrogens with one attached hydrogen (secondary N) is 1. The van der Waals surface area contributed by atoms with Gasteiger partial charge in [0.05, 0.1) is 0 Å². The number of carbonyl (C=O) groups is 3. The highest BCUT2D eigenvalue weighted by Gasteiger charge is 2.18. The zero-order valence-corrected chi connectivity index (χ0v) is 15.7. The van der Waals surface area contributed by atoms with Crippen LogP contribution in [0.25, 0.3) is 0 Å². The molecule has 6 heteroatoms. The van der Waals surface area contributed by atoms with E-state index < -0.39 is 12.1 Å². The van der Waals surface area contributed by atoms with Crippen molar-refractivity contribution in [2.45, 2.75) is 33.4 Å². The second-order valence-corrected chi connectivity index (χ2v) is 6.21. The largest absolute Gasteiger partial charge is 0.482 e. The Bertz CT molecular complexity index is 814. The number of aryl methyl sites for hydroxylation is 1. The molecule has 27 heavy (non-hydrogen) atoms. The van der Waals surface area contributed by atoms with Crippen LogP contribution in [0, 0.1) is 6.92 Å². The number of ether oxygens (including phenoxy) is 2. The number of hydrogen-bond acceptors (Lipinski definition) is 5.